The quantitative estimate of drug-likeness (QED) is 0.665. The third-order valence-electron chi connectivity index (χ3n) is 3.42. The van der Waals surface area contributed by atoms with E-state index in [9.17, 15) is 14.4 Å². The Morgan fingerprint density at radius 3 is 2.74 bits per heavy atom. The highest BCUT2D eigenvalue weighted by molar-refractivity contribution is 6.17. The van der Waals surface area contributed by atoms with Crippen molar-refractivity contribution in [3.05, 3.63) is 41.6 Å². The van der Waals surface area contributed by atoms with Crippen LogP contribution in [0.1, 0.15) is 25.5 Å². The summed E-state index contributed by atoms with van der Waals surface area (Å²) >= 11 is 0. The third kappa shape index (κ3) is 3.95. The lowest BCUT2D eigenvalue weighted by molar-refractivity contribution is -0.137. The van der Waals surface area contributed by atoms with Gasteiger partial charge in [-0.3, -0.25) is 19.3 Å². The second kappa shape index (κ2) is 7.06. The number of anilines is 1. The monoisotopic (exact) mass is 317 g/mol. The maximum atomic E-state index is 12.1. The van der Waals surface area contributed by atoms with E-state index in [1.54, 1.807) is 18.2 Å². The molecule has 1 aliphatic heterocycles. The molecular weight excluding hydrogens is 298 g/mol. The molecule has 0 spiro atoms. The van der Waals surface area contributed by atoms with Crippen molar-refractivity contribution in [2.24, 2.45) is 0 Å². The number of rotatable bonds is 6. The van der Waals surface area contributed by atoms with Gasteiger partial charge in [-0.15, -0.1) is 0 Å². The molecule has 2 rings (SSSR count). The number of imide groups is 1. The summed E-state index contributed by atoms with van der Waals surface area (Å²) in [4.78, 5) is 35.9. The minimum atomic E-state index is -0.468. The molecular formula is C16H19N3O4. The third-order valence-corrected chi connectivity index (χ3v) is 3.42. The van der Waals surface area contributed by atoms with Crippen molar-refractivity contribution in [1.82, 2.24) is 10.2 Å². The number of aliphatic hydroxyl groups excluding tert-OH is 1. The van der Waals surface area contributed by atoms with Crippen LogP contribution in [0, 0.1) is 0 Å². The van der Waals surface area contributed by atoms with Crippen LogP contribution in [0.15, 0.2) is 36.0 Å². The molecule has 7 heteroatoms. The summed E-state index contributed by atoms with van der Waals surface area (Å²) in [6.45, 7) is 3.00. The van der Waals surface area contributed by atoms with Crippen molar-refractivity contribution in [1.29, 1.82) is 0 Å². The number of benzene rings is 1. The number of carbonyl (C=O) groups is 3. The number of amides is 3. The maximum absolute atomic E-state index is 12.1. The first-order chi connectivity index (χ1) is 10.9. The Bertz CT molecular complexity index is 669. The second-order valence-corrected chi connectivity index (χ2v) is 5.25. The molecule has 0 bridgehead atoms. The molecule has 23 heavy (non-hydrogen) atoms. The van der Waals surface area contributed by atoms with Gasteiger partial charge in [0.05, 0.1) is 19.2 Å². The maximum Gasteiger partial charge on any atom is 0.277 e. The summed E-state index contributed by atoms with van der Waals surface area (Å²) in [6.07, 6.45) is 1.21. The van der Waals surface area contributed by atoms with Crippen molar-refractivity contribution in [2.45, 2.75) is 19.9 Å². The van der Waals surface area contributed by atoms with Gasteiger partial charge in [0.15, 0.2) is 0 Å². The highest BCUT2D eigenvalue weighted by atomic mass is 16.3. The second-order valence-electron chi connectivity index (χ2n) is 5.25. The van der Waals surface area contributed by atoms with Crippen LogP contribution in [0.5, 0.6) is 0 Å². The first-order valence-electron chi connectivity index (χ1n) is 7.25. The Morgan fingerprint density at radius 2 is 2.09 bits per heavy atom. The van der Waals surface area contributed by atoms with Gasteiger partial charge < -0.3 is 15.7 Å². The average Bonchev–Trinajstić information content (AvgIpc) is 2.75. The van der Waals surface area contributed by atoms with Crippen LogP contribution in [-0.2, 0) is 14.4 Å². The molecule has 0 saturated carbocycles. The fourth-order valence-corrected chi connectivity index (χ4v) is 2.34. The lowest BCUT2D eigenvalue weighted by Crippen LogP contribution is -2.34. The number of aliphatic hydroxyl groups is 1. The lowest BCUT2D eigenvalue weighted by atomic mass is 10.1. The fraction of sp³-hybridized carbons (Fsp3) is 0.312. The number of nitrogens with one attached hydrogen (secondary N) is 2. The SMILES string of the molecule is CC(=O)NC(C)c1cccc(NC2=CC(=O)N(CCO)C2=O)c1. The van der Waals surface area contributed by atoms with Gasteiger partial charge in [-0.1, -0.05) is 12.1 Å². The molecule has 3 amide bonds. The van der Waals surface area contributed by atoms with Gasteiger partial charge in [0.25, 0.3) is 11.8 Å². The van der Waals surface area contributed by atoms with Crippen LogP contribution in [0.2, 0.25) is 0 Å². The molecule has 0 aromatic heterocycles. The highest BCUT2D eigenvalue weighted by Gasteiger charge is 2.30. The molecule has 1 heterocycles. The Hall–Kier alpha value is -2.67. The predicted octanol–water partition coefficient (Wildman–Crippen LogP) is 0.541. The van der Waals surface area contributed by atoms with E-state index in [2.05, 4.69) is 10.6 Å². The molecule has 1 unspecified atom stereocenters. The Kier molecular flexibility index (Phi) is 5.13. The zero-order chi connectivity index (χ0) is 17.0. The molecule has 3 N–H and O–H groups in total. The number of β-amino-alcohol motifs (C(OH)–C–C–N with tert-alkyl or cyclic N) is 1. The minimum Gasteiger partial charge on any atom is -0.395 e. The summed E-state index contributed by atoms with van der Waals surface area (Å²) in [5.74, 6) is -1.05. The Balaban J connectivity index is 2.12. The van der Waals surface area contributed by atoms with Gasteiger partial charge in [-0.05, 0) is 24.6 Å². The van der Waals surface area contributed by atoms with Crippen LogP contribution in [-0.4, -0.2) is 40.9 Å². The van der Waals surface area contributed by atoms with E-state index < -0.39 is 11.8 Å². The van der Waals surface area contributed by atoms with Crippen LogP contribution in [0.3, 0.4) is 0 Å². The standard InChI is InChI=1S/C16H19N3O4/c1-10(17-11(2)21)12-4-3-5-13(8-12)18-14-9-15(22)19(6-7-20)16(14)23/h3-5,8-10,18,20H,6-7H2,1-2H3,(H,17,21). The van der Waals surface area contributed by atoms with Crippen LogP contribution in [0.4, 0.5) is 5.69 Å². The topological polar surface area (TPSA) is 98.7 Å². The Labute approximate surface area is 134 Å². The largest absolute Gasteiger partial charge is 0.395 e. The van der Waals surface area contributed by atoms with Crippen LogP contribution < -0.4 is 10.6 Å². The first-order valence-corrected chi connectivity index (χ1v) is 7.25. The zero-order valence-corrected chi connectivity index (χ0v) is 13.0. The van der Waals surface area contributed by atoms with Crippen molar-refractivity contribution < 1.29 is 19.5 Å². The van der Waals surface area contributed by atoms with Gasteiger partial charge in [-0.2, -0.15) is 0 Å². The number of hydrogen-bond acceptors (Lipinski definition) is 5. The summed E-state index contributed by atoms with van der Waals surface area (Å²) in [5, 5.41) is 14.6. The van der Waals surface area contributed by atoms with Gasteiger partial charge in [0.1, 0.15) is 5.70 Å². The molecule has 1 aliphatic rings. The lowest BCUT2D eigenvalue weighted by Gasteiger charge is -2.16. The molecule has 0 fully saturated rings. The van der Waals surface area contributed by atoms with E-state index in [0.717, 1.165) is 10.5 Å². The molecule has 1 aromatic rings. The summed E-state index contributed by atoms with van der Waals surface area (Å²) in [6, 6.07) is 7.05. The highest BCUT2D eigenvalue weighted by Crippen LogP contribution is 2.21. The van der Waals surface area contributed by atoms with E-state index in [1.807, 2.05) is 13.0 Å². The van der Waals surface area contributed by atoms with Crippen LogP contribution >= 0.6 is 0 Å². The van der Waals surface area contributed by atoms with Crippen molar-refractivity contribution in [3.63, 3.8) is 0 Å². The zero-order valence-electron chi connectivity index (χ0n) is 13.0. The average molecular weight is 317 g/mol. The summed E-state index contributed by atoms with van der Waals surface area (Å²) in [5.41, 5.74) is 1.67. The predicted molar refractivity (Wildman–Crippen MR) is 84.2 cm³/mol. The fourth-order valence-electron chi connectivity index (χ4n) is 2.34. The van der Waals surface area contributed by atoms with E-state index in [4.69, 9.17) is 5.11 Å². The molecule has 1 aromatic carbocycles. The summed E-state index contributed by atoms with van der Waals surface area (Å²) in [7, 11) is 0. The van der Waals surface area contributed by atoms with Gasteiger partial charge in [0, 0.05) is 18.7 Å². The Morgan fingerprint density at radius 1 is 1.35 bits per heavy atom. The molecule has 0 saturated heterocycles. The molecule has 0 aliphatic carbocycles. The summed E-state index contributed by atoms with van der Waals surface area (Å²) < 4.78 is 0. The van der Waals surface area contributed by atoms with Gasteiger partial charge >= 0.3 is 0 Å². The number of carbonyl (C=O) groups excluding carboxylic acids is 3. The van der Waals surface area contributed by atoms with E-state index in [0.29, 0.717) is 5.69 Å². The number of nitrogens with zero attached hydrogens (tertiary/aromatic N) is 1. The molecule has 0 radical (unpaired) electrons. The van der Waals surface area contributed by atoms with Crippen molar-refractivity contribution in [2.75, 3.05) is 18.5 Å². The smallest absolute Gasteiger partial charge is 0.277 e. The van der Waals surface area contributed by atoms with E-state index in [1.165, 1.54) is 13.0 Å². The van der Waals surface area contributed by atoms with Crippen LogP contribution in [0.25, 0.3) is 0 Å². The van der Waals surface area contributed by atoms with Gasteiger partial charge in [-0.25, -0.2) is 0 Å². The van der Waals surface area contributed by atoms with Crippen molar-refractivity contribution in [3.8, 4) is 0 Å². The molecule has 1 atom stereocenters. The van der Waals surface area contributed by atoms with Crippen molar-refractivity contribution >= 4 is 23.4 Å². The van der Waals surface area contributed by atoms with Gasteiger partial charge in [0.2, 0.25) is 5.91 Å². The van der Waals surface area contributed by atoms with E-state index >= 15 is 0 Å². The first kappa shape index (κ1) is 16.7. The molecule has 122 valence electrons. The normalized spacial score (nSPS) is 15.4. The minimum absolute atomic E-state index is 0.0288. The molecule has 7 nitrogen and oxygen atoms in total. The van der Waals surface area contributed by atoms with E-state index in [-0.39, 0.29) is 30.8 Å². The number of hydrogen-bond donors (Lipinski definition) is 3.